The molecule has 0 heterocycles. The molecule has 16 heavy (non-hydrogen) atoms. The quantitative estimate of drug-likeness (QED) is 0.343. The van der Waals surface area contributed by atoms with Crippen molar-refractivity contribution in [3.63, 3.8) is 0 Å². The lowest BCUT2D eigenvalue weighted by molar-refractivity contribution is -0.384. The van der Waals surface area contributed by atoms with Crippen LogP contribution in [0.2, 0.25) is 0 Å². The molecule has 0 aliphatic rings. The number of nitro benzene ring substituents is 1. The molecule has 0 amide bonds. The van der Waals surface area contributed by atoms with Crippen molar-refractivity contribution in [1.29, 1.82) is 0 Å². The number of hydrazine groups is 1. The molecule has 0 saturated heterocycles. The first-order valence-electron chi connectivity index (χ1n) is 4.51. The summed E-state index contributed by atoms with van der Waals surface area (Å²) in [7, 11) is 0. The molecule has 86 valence electrons. The maximum atomic E-state index is 11.4. The van der Waals surface area contributed by atoms with Crippen LogP contribution in [0.4, 0.5) is 11.4 Å². The molecule has 0 aliphatic carbocycles. The number of hydrogen-bond acceptors (Lipinski definition) is 6. The molecule has 0 atom stereocenters. The Morgan fingerprint density at radius 1 is 1.56 bits per heavy atom. The topological polar surface area (TPSA) is 107 Å². The molecule has 0 bridgehead atoms. The minimum atomic E-state index is -0.622. The van der Waals surface area contributed by atoms with Crippen LogP contribution >= 0.6 is 0 Å². The Balaban J connectivity index is 3.13. The van der Waals surface area contributed by atoms with Crippen LogP contribution in [0.5, 0.6) is 0 Å². The Kier molecular flexibility index (Phi) is 3.78. The van der Waals surface area contributed by atoms with E-state index < -0.39 is 10.9 Å². The van der Waals surface area contributed by atoms with E-state index in [1.807, 2.05) is 0 Å². The van der Waals surface area contributed by atoms with Crippen molar-refractivity contribution in [3.8, 4) is 0 Å². The molecular formula is C9H11N3O4. The number of esters is 1. The zero-order valence-corrected chi connectivity index (χ0v) is 8.60. The summed E-state index contributed by atoms with van der Waals surface area (Å²) >= 11 is 0. The third-order valence-electron chi connectivity index (χ3n) is 1.81. The number of nitro groups is 1. The molecule has 1 rings (SSSR count). The van der Waals surface area contributed by atoms with Crippen molar-refractivity contribution in [2.45, 2.75) is 6.92 Å². The number of anilines is 1. The molecule has 7 nitrogen and oxygen atoms in total. The fourth-order valence-corrected chi connectivity index (χ4v) is 1.13. The zero-order chi connectivity index (χ0) is 12.1. The van der Waals surface area contributed by atoms with Crippen LogP contribution in [0.15, 0.2) is 18.2 Å². The lowest BCUT2D eigenvalue weighted by Crippen LogP contribution is -2.10. The highest BCUT2D eigenvalue weighted by Gasteiger charge is 2.14. The van der Waals surface area contributed by atoms with Gasteiger partial charge in [0.05, 0.1) is 22.8 Å². The zero-order valence-electron chi connectivity index (χ0n) is 8.60. The van der Waals surface area contributed by atoms with Gasteiger partial charge in [0.2, 0.25) is 0 Å². The fraction of sp³-hybridized carbons (Fsp3) is 0.222. The average molecular weight is 225 g/mol. The molecule has 1 aromatic rings. The lowest BCUT2D eigenvalue weighted by atomic mass is 10.2. The van der Waals surface area contributed by atoms with E-state index in [1.54, 1.807) is 6.92 Å². The number of non-ortho nitro benzene ring substituents is 1. The minimum Gasteiger partial charge on any atom is -0.462 e. The molecule has 0 radical (unpaired) electrons. The Morgan fingerprint density at radius 3 is 2.75 bits per heavy atom. The molecular weight excluding hydrogens is 214 g/mol. The van der Waals surface area contributed by atoms with Gasteiger partial charge in [-0.2, -0.15) is 0 Å². The van der Waals surface area contributed by atoms with Gasteiger partial charge in [0, 0.05) is 12.1 Å². The van der Waals surface area contributed by atoms with E-state index in [4.69, 9.17) is 10.6 Å². The van der Waals surface area contributed by atoms with Gasteiger partial charge >= 0.3 is 5.97 Å². The second-order valence-electron chi connectivity index (χ2n) is 2.89. The highest BCUT2D eigenvalue weighted by atomic mass is 16.6. The predicted octanol–water partition coefficient (Wildman–Crippen LogP) is 1.06. The monoisotopic (exact) mass is 225 g/mol. The van der Waals surface area contributed by atoms with E-state index in [1.165, 1.54) is 12.1 Å². The Hall–Kier alpha value is -2.15. The first-order chi connectivity index (χ1) is 7.58. The van der Waals surface area contributed by atoms with Crippen molar-refractivity contribution < 1.29 is 14.5 Å². The number of carbonyl (C=O) groups is 1. The summed E-state index contributed by atoms with van der Waals surface area (Å²) in [6.45, 7) is 1.85. The first-order valence-corrected chi connectivity index (χ1v) is 4.51. The standard InChI is InChI=1S/C9H11N3O4/c1-2-16-9(13)6-3-7(11-10)5-8(4-6)12(14)15/h3-5,11H,2,10H2,1H3. The predicted molar refractivity (Wildman–Crippen MR) is 56.9 cm³/mol. The van der Waals surface area contributed by atoms with Crippen LogP contribution in [0.25, 0.3) is 0 Å². The van der Waals surface area contributed by atoms with Gasteiger partial charge in [0.15, 0.2) is 0 Å². The second-order valence-corrected chi connectivity index (χ2v) is 2.89. The molecule has 0 aliphatic heterocycles. The summed E-state index contributed by atoms with van der Waals surface area (Å²) in [5.74, 6) is 4.51. The van der Waals surface area contributed by atoms with E-state index in [2.05, 4.69) is 5.43 Å². The van der Waals surface area contributed by atoms with Crippen molar-refractivity contribution >= 4 is 17.3 Å². The van der Waals surface area contributed by atoms with Crippen LogP contribution in [0.1, 0.15) is 17.3 Å². The van der Waals surface area contributed by atoms with E-state index in [0.717, 1.165) is 6.07 Å². The van der Waals surface area contributed by atoms with Crippen molar-refractivity contribution in [2.75, 3.05) is 12.0 Å². The molecule has 0 unspecified atom stereocenters. The Bertz CT molecular complexity index is 419. The number of rotatable bonds is 4. The smallest absolute Gasteiger partial charge is 0.338 e. The van der Waals surface area contributed by atoms with Gasteiger partial charge in [-0.3, -0.25) is 16.0 Å². The van der Waals surface area contributed by atoms with Crippen LogP contribution in [-0.4, -0.2) is 17.5 Å². The van der Waals surface area contributed by atoms with Crippen molar-refractivity contribution in [2.24, 2.45) is 5.84 Å². The van der Waals surface area contributed by atoms with Crippen LogP contribution in [0, 0.1) is 10.1 Å². The summed E-state index contributed by atoms with van der Waals surface area (Å²) in [4.78, 5) is 21.4. The van der Waals surface area contributed by atoms with Crippen molar-refractivity contribution in [1.82, 2.24) is 0 Å². The number of nitrogens with zero attached hydrogens (tertiary/aromatic N) is 1. The van der Waals surface area contributed by atoms with Gasteiger partial charge in [-0.05, 0) is 13.0 Å². The number of nitrogen functional groups attached to an aromatic ring is 1. The first kappa shape index (κ1) is 11.9. The average Bonchev–Trinajstić information content (AvgIpc) is 2.28. The number of benzene rings is 1. The number of ether oxygens (including phenoxy) is 1. The number of carbonyl (C=O) groups excluding carboxylic acids is 1. The van der Waals surface area contributed by atoms with Crippen LogP contribution < -0.4 is 11.3 Å². The summed E-state index contributed by atoms with van der Waals surface area (Å²) < 4.78 is 4.73. The highest BCUT2D eigenvalue weighted by Crippen LogP contribution is 2.20. The summed E-state index contributed by atoms with van der Waals surface area (Å²) in [5, 5.41) is 10.6. The molecule has 0 spiro atoms. The third kappa shape index (κ3) is 2.67. The van der Waals surface area contributed by atoms with Gasteiger partial charge < -0.3 is 10.2 Å². The Morgan fingerprint density at radius 2 is 2.25 bits per heavy atom. The molecule has 0 saturated carbocycles. The van der Waals surface area contributed by atoms with E-state index >= 15 is 0 Å². The van der Waals surface area contributed by atoms with E-state index in [0.29, 0.717) is 0 Å². The van der Waals surface area contributed by atoms with Gasteiger partial charge in [-0.15, -0.1) is 0 Å². The summed E-state index contributed by atoms with van der Waals surface area (Å²) in [6, 6.07) is 3.74. The van der Waals surface area contributed by atoms with Gasteiger partial charge in [0.1, 0.15) is 0 Å². The van der Waals surface area contributed by atoms with Gasteiger partial charge in [-0.25, -0.2) is 4.79 Å². The normalized spacial score (nSPS) is 9.62. The molecule has 0 fully saturated rings. The highest BCUT2D eigenvalue weighted by molar-refractivity contribution is 5.91. The summed E-state index contributed by atoms with van der Waals surface area (Å²) in [6.07, 6.45) is 0. The number of nitrogens with one attached hydrogen (secondary N) is 1. The van der Waals surface area contributed by atoms with Crippen molar-refractivity contribution in [3.05, 3.63) is 33.9 Å². The molecule has 7 heteroatoms. The van der Waals surface area contributed by atoms with Gasteiger partial charge in [0.25, 0.3) is 5.69 Å². The molecule has 3 N–H and O–H groups in total. The lowest BCUT2D eigenvalue weighted by Gasteiger charge is -2.04. The molecule has 1 aromatic carbocycles. The van der Waals surface area contributed by atoms with Crippen LogP contribution in [0.3, 0.4) is 0 Å². The number of nitrogens with two attached hydrogens (primary N) is 1. The SMILES string of the molecule is CCOC(=O)c1cc(NN)cc([N+](=O)[O-])c1. The van der Waals surface area contributed by atoms with Gasteiger partial charge in [-0.1, -0.05) is 0 Å². The van der Waals surface area contributed by atoms with E-state index in [-0.39, 0.29) is 23.5 Å². The number of hydrogen-bond donors (Lipinski definition) is 2. The minimum absolute atomic E-state index is 0.0870. The maximum Gasteiger partial charge on any atom is 0.338 e. The summed E-state index contributed by atoms with van der Waals surface area (Å²) in [5.41, 5.74) is 2.39. The third-order valence-corrected chi connectivity index (χ3v) is 1.81. The molecule has 0 aromatic heterocycles. The second kappa shape index (κ2) is 5.08. The maximum absolute atomic E-state index is 11.4. The Labute approximate surface area is 91.3 Å². The van der Waals surface area contributed by atoms with Crippen LogP contribution in [-0.2, 0) is 4.74 Å². The fourth-order valence-electron chi connectivity index (χ4n) is 1.13. The van der Waals surface area contributed by atoms with E-state index in [9.17, 15) is 14.9 Å². The largest absolute Gasteiger partial charge is 0.462 e.